The molecule has 7 nitrogen and oxygen atoms in total. The van der Waals surface area contributed by atoms with Crippen LogP contribution in [0.1, 0.15) is 88.9 Å². The topological polar surface area (TPSA) is 91.3 Å². The SMILES string of the molecule is CCC(C)(OCC(C)(C)OCC(O)COC(C)(C)COC(C)C)P(=O)(C(=O)c1c(C)cc(C)cc1C)c1ccccc1. The lowest BCUT2D eigenvalue weighted by atomic mass is 10.0. The van der Waals surface area contributed by atoms with Crippen molar-refractivity contribution in [2.75, 3.05) is 26.4 Å². The van der Waals surface area contributed by atoms with Gasteiger partial charge in [-0.25, -0.2) is 0 Å². The Labute approximate surface area is 253 Å². The Bertz CT molecular complexity index is 1200. The summed E-state index contributed by atoms with van der Waals surface area (Å²) in [4.78, 5) is 14.4. The molecule has 236 valence electrons. The summed E-state index contributed by atoms with van der Waals surface area (Å²) in [5.74, 6) is 0. The monoisotopic (exact) mass is 604 g/mol. The molecule has 0 aliphatic carbocycles. The summed E-state index contributed by atoms with van der Waals surface area (Å²) < 4.78 is 39.3. The molecular formula is C34H53O7P. The summed E-state index contributed by atoms with van der Waals surface area (Å²) in [6.45, 7) is 21.4. The second-order valence-corrected chi connectivity index (χ2v) is 16.1. The summed E-state index contributed by atoms with van der Waals surface area (Å²) in [5, 5.41) is 9.73. The molecule has 2 aromatic carbocycles. The maximum Gasteiger partial charge on any atom is 0.229 e. The van der Waals surface area contributed by atoms with Gasteiger partial charge in [0, 0.05) is 10.9 Å². The van der Waals surface area contributed by atoms with Gasteiger partial charge in [-0.05, 0) is 86.8 Å². The quantitative estimate of drug-likeness (QED) is 0.195. The fourth-order valence-corrected chi connectivity index (χ4v) is 7.97. The van der Waals surface area contributed by atoms with Crippen molar-refractivity contribution in [1.82, 2.24) is 0 Å². The number of benzene rings is 2. The molecule has 0 amide bonds. The zero-order chi connectivity index (χ0) is 31.9. The summed E-state index contributed by atoms with van der Waals surface area (Å²) in [5.41, 5.74) is 1.33. The van der Waals surface area contributed by atoms with E-state index in [4.69, 9.17) is 18.9 Å². The molecule has 3 unspecified atom stereocenters. The van der Waals surface area contributed by atoms with E-state index in [1.807, 2.05) is 87.4 Å². The summed E-state index contributed by atoms with van der Waals surface area (Å²) in [6, 6.07) is 12.8. The van der Waals surface area contributed by atoms with E-state index in [1.54, 1.807) is 31.2 Å². The van der Waals surface area contributed by atoms with E-state index in [1.165, 1.54) is 0 Å². The molecule has 0 bridgehead atoms. The highest BCUT2D eigenvalue weighted by Gasteiger charge is 2.52. The Morgan fingerprint density at radius 1 is 0.857 bits per heavy atom. The first-order chi connectivity index (χ1) is 19.4. The molecule has 0 aliphatic heterocycles. The highest BCUT2D eigenvalue weighted by molar-refractivity contribution is 7.88. The minimum Gasteiger partial charge on any atom is -0.388 e. The number of hydrogen-bond acceptors (Lipinski definition) is 7. The Hall–Kier alpha value is -1.86. The van der Waals surface area contributed by atoms with Crippen LogP contribution in [0.2, 0.25) is 0 Å². The van der Waals surface area contributed by atoms with Crippen LogP contribution in [0.4, 0.5) is 0 Å². The van der Waals surface area contributed by atoms with Gasteiger partial charge in [-0.1, -0.05) is 55.0 Å². The third-order valence-electron chi connectivity index (χ3n) is 7.45. The second-order valence-electron chi connectivity index (χ2n) is 13.0. The molecule has 0 saturated heterocycles. The molecule has 0 fully saturated rings. The predicted molar refractivity (Wildman–Crippen MR) is 170 cm³/mol. The molecule has 0 radical (unpaired) electrons. The van der Waals surface area contributed by atoms with Crippen LogP contribution in [-0.2, 0) is 23.5 Å². The average molecular weight is 605 g/mol. The number of rotatable bonds is 17. The van der Waals surface area contributed by atoms with Crippen molar-refractivity contribution in [3.63, 3.8) is 0 Å². The largest absolute Gasteiger partial charge is 0.388 e. The highest BCUT2D eigenvalue weighted by Crippen LogP contribution is 2.62. The molecule has 2 rings (SSSR count). The number of aliphatic hydroxyl groups excluding tert-OH is 1. The van der Waals surface area contributed by atoms with Crippen molar-refractivity contribution in [2.24, 2.45) is 0 Å². The van der Waals surface area contributed by atoms with Crippen LogP contribution in [-0.4, -0.2) is 65.8 Å². The molecule has 0 aromatic heterocycles. The van der Waals surface area contributed by atoms with Gasteiger partial charge in [-0.2, -0.15) is 0 Å². The Kier molecular flexibility index (Phi) is 12.8. The molecule has 0 aliphatic rings. The lowest BCUT2D eigenvalue weighted by Crippen LogP contribution is -2.43. The minimum atomic E-state index is -3.84. The van der Waals surface area contributed by atoms with Crippen LogP contribution in [0.5, 0.6) is 0 Å². The molecular weight excluding hydrogens is 551 g/mol. The van der Waals surface area contributed by atoms with E-state index < -0.39 is 35.3 Å². The van der Waals surface area contributed by atoms with Crippen LogP contribution in [0.15, 0.2) is 42.5 Å². The van der Waals surface area contributed by atoms with Crippen molar-refractivity contribution in [1.29, 1.82) is 0 Å². The lowest BCUT2D eigenvalue weighted by molar-refractivity contribution is -0.146. The molecule has 42 heavy (non-hydrogen) atoms. The number of carbonyl (C=O) groups is 1. The van der Waals surface area contributed by atoms with Crippen LogP contribution in [0, 0.1) is 20.8 Å². The van der Waals surface area contributed by atoms with Crippen molar-refractivity contribution in [3.8, 4) is 0 Å². The first-order valence-corrected chi connectivity index (χ1v) is 16.6. The zero-order valence-corrected chi connectivity index (χ0v) is 28.5. The van der Waals surface area contributed by atoms with E-state index in [9.17, 15) is 9.90 Å². The first kappa shape index (κ1) is 36.3. The lowest BCUT2D eigenvalue weighted by Gasteiger charge is -2.39. The number of ether oxygens (including phenoxy) is 4. The molecule has 8 heteroatoms. The smallest absolute Gasteiger partial charge is 0.229 e. The molecule has 1 N–H and O–H groups in total. The molecule has 0 heterocycles. The van der Waals surface area contributed by atoms with Crippen LogP contribution < -0.4 is 5.30 Å². The highest BCUT2D eigenvalue weighted by atomic mass is 31.2. The van der Waals surface area contributed by atoms with Gasteiger partial charge in [0.25, 0.3) is 0 Å². The van der Waals surface area contributed by atoms with Gasteiger partial charge in [0.05, 0.1) is 43.7 Å². The fourth-order valence-electron chi connectivity index (χ4n) is 4.81. The van der Waals surface area contributed by atoms with Crippen molar-refractivity contribution in [3.05, 3.63) is 64.7 Å². The Balaban J connectivity index is 2.24. The maximum absolute atomic E-state index is 15.2. The Morgan fingerprint density at radius 2 is 1.36 bits per heavy atom. The molecule has 0 spiro atoms. The van der Waals surface area contributed by atoms with E-state index in [-0.39, 0.29) is 25.9 Å². The fraction of sp³-hybridized carbons (Fsp3) is 0.618. The second kappa shape index (κ2) is 14.7. The molecule has 3 atom stereocenters. The number of aryl methyl sites for hydroxylation is 3. The average Bonchev–Trinajstić information content (AvgIpc) is 2.92. The zero-order valence-electron chi connectivity index (χ0n) is 27.6. The van der Waals surface area contributed by atoms with Crippen LogP contribution in [0.25, 0.3) is 0 Å². The van der Waals surface area contributed by atoms with Gasteiger partial charge in [-0.15, -0.1) is 0 Å². The molecule has 2 aromatic rings. The van der Waals surface area contributed by atoms with Crippen LogP contribution >= 0.6 is 7.14 Å². The molecule has 0 saturated carbocycles. The van der Waals surface area contributed by atoms with Gasteiger partial charge < -0.3 is 28.6 Å². The van der Waals surface area contributed by atoms with Crippen molar-refractivity contribution >= 4 is 18.0 Å². The van der Waals surface area contributed by atoms with E-state index in [0.717, 1.165) is 16.7 Å². The van der Waals surface area contributed by atoms with Crippen molar-refractivity contribution in [2.45, 2.75) is 111 Å². The van der Waals surface area contributed by atoms with E-state index in [0.29, 0.717) is 23.9 Å². The van der Waals surface area contributed by atoms with Gasteiger partial charge in [0.15, 0.2) is 0 Å². The first-order valence-electron chi connectivity index (χ1n) is 14.9. The van der Waals surface area contributed by atoms with Gasteiger partial charge in [0.2, 0.25) is 12.7 Å². The maximum atomic E-state index is 15.2. The van der Waals surface area contributed by atoms with Gasteiger partial charge in [-0.3, -0.25) is 4.79 Å². The predicted octanol–water partition coefficient (Wildman–Crippen LogP) is 6.96. The third-order valence-corrected chi connectivity index (χ3v) is 11.0. The third kappa shape index (κ3) is 9.32. The van der Waals surface area contributed by atoms with Crippen molar-refractivity contribution < 1.29 is 33.4 Å². The minimum absolute atomic E-state index is 0.0251. The van der Waals surface area contributed by atoms with Gasteiger partial charge >= 0.3 is 0 Å². The summed E-state index contributed by atoms with van der Waals surface area (Å²) >= 11 is 0. The summed E-state index contributed by atoms with van der Waals surface area (Å²) in [6.07, 6.45) is -0.424. The Morgan fingerprint density at radius 3 is 1.83 bits per heavy atom. The van der Waals surface area contributed by atoms with Crippen LogP contribution in [0.3, 0.4) is 0 Å². The summed E-state index contributed by atoms with van der Waals surface area (Å²) in [7, 11) is -3.84. The van der Waals surface area contributed by atoms with E-state index >= 15 is 4.57 Å². The number of carbonyl (C=O) groups excluding carboxylic acids is 1. The number of aliphatic hydroxyl groups is 1. The standard InChI is InChI=1S/C34H53O7P/c1-12-34(11,41-23-33(9,10)40-21-28(35)20-39-32(7,8)22-38-24(2)3)42(37,29-16-14-13-15-17-29)31(36)30-26(5)18-25(4)19-27(30)6/h13-19,24,28,35H,12,20-23H2,1-11H3. The number of hydrogen-bond donors (Lipinski definition) is 1. The van der Waals surface area contributed by atoms with Gasteiger partial charge in [0.1, 0.15) is 11.4 Å². The normalized spacial score (nSPS) is 16.2. The van der Waals surface area contributed by atoms with E-state index in [2.05, 4.69) is 0 Å².